The van der Waals surface area contributed by atoms with Gasteiger partial charge in [0.2, 0.25) is 0 Å². The van der Waals surface area contributed by atoms with Crippen LogP contribution in [-0.2, 0) is 19.1 Å². The SMILES string of the molecule is CC1(C)OC(=O)C(=CNc2cc(Cl)ccn2)C(=O)O1. The minimum Gasteiger partial charge on any atom is -0.419 e. The zero-order chi connectivity index (χ0) is 14.0. The highest BCUT2D eigenvalue weighted by atomic mass is 35.5. The topological polar surface area (TPSA) is 77.5 Å². The van der Waals surface area contributed by atoms with Crippen molar-refractivity contribution < 1.29 is 19.1 Å². The van der Waals surface area contributed by atoms with E-state index in [0.29, 0.717) is 10.8 Å². The van der Waals surface area contributed by atoms with Crippen LogP contribution in [0.2, 0.25) is 5.02 Å². The molecule has 0 unspecified atom stereocenters. The Balaban J connectivity index is 2.15. The van der Waals surface area contributed by atoms with Crippen LogP contribution in [0.3, 0.4) is 0 Å². The lowest BCUT2D eigenvalue weighted by molar-refractivity contribution is -0.222. The van der Waals surface area contributed by atoms with Crippen LogP contribution in [0.1, 0.15) is 13.8 Å². The Morgan fingerprint density at radius 3 is 2.53 bits per heavy atom. The summed E-state index contributed by atoms with van der Waals surface area (Å²) >= 11 is 5.78. The number of halogens is 1. The number of hydrogen-bond donors (Lipinski definition) is 1. The van der Waals surface area contributed by atoms with Crippen LogP contribution in [0.15, 0.2) is 30.1 Å². The summed E-state index contributed by atoms with van der Waals surface area (Å²) in [5, 5.41) is 3.16. The van der Waals surface area contributed by atoms with E-state index in [-0.39, 0.29) is 5.57 Å². The van der Waals surface area contributed by atoms with Gasteiger partial charge in [-0.2, -0.15) is 0 Å². The first-order valence-electron chi connectivity index (χ1n) is 5.42. The van der Waals surface area contributed by atoms with Gasteiger partial charge >= 0.3 is 11.9 Å². The van der Waals surface area contributed by atoms with Crippen LogP contribution < -0.4 is 5.32 Å². The maximum Gasteiger partial charge on any atom is 0.350 e. The van der Waals surface area contributed by atoms with Crippen molar-refractivity contribution in [2.75, 3.05) is 5.32 Å². The summed E-state index contributed by atoms with van der Waals surface area (Å²) in [7, 11) is 0. The quantitative estimate of drug-likeness (QED) is 0.507. The Labute approximate surface area is 114 Å². The van der Waals surface area contributed by atoms with Gasteiger partial charge in [-0.1, -0.05) is 11.6 Å². The number of carbonyl (C=O) groups is 2. The Morgan fingerprint density at radius 1 is 1.32 bits per heavy atom. The molecule has 6 nitrogen and oxygen atoms in total. The highest BCUT2D eigenvalue weighted by Crippen LogP contribution is 2.22. The molecule has 1 saturated heterocycles. The molecule has 1 aromatic rings. The number of rotatable bonds is 2. The highest BCUT2D eigenvalue weighted by molar-refractivity contribution is 6.30. The van der Waals surface area contributed by atoms with Gasteiger partial charge in [0, 0.05) is 31.3 Å². The molecular weight excluding hydrogens is 272 g/mol. The van der Waals surface area contributed by atoms with Crippen molar-refractivity contribution in [3.05, 3.63) is 35.1 Å². The number of aromatic nitrogens is 1. The lowest BCUT2D eigenvalue weighted by atomic mass is 10.2. The number of hydrogen-bond acceptors (Lipinski definition) is 6. The number of nitrogens with zero attached hydrogens (tertiary/aromatic N) is 1. The average molecular weight is 283 g/mol. The molecule has 100 valence electrons. The van der Waals surface area contributed by atoms with Crippen LogP contribution in [0.25, 0.3) is 0 Å². The van der Waals surface area contributed by atoms with Crippen LogP contribution in [0, 0.1) is 0 Å². The molecule has 0 spiro atoms. The van der Waals surface area contributed by atoms with Gasteiger partial charge in [-0.3, -0.25) is 0 Å². The summed E-state index contributed by atoms with van der Waals surface area (Å²) in [6.07, 6.45) is 2.67. The van der Waals surface area contributed by atoms with Crippen LogP contribution in [0.4, 0.5) is 5.82 Å². The second-order valence-corrected chi connectivity index (χ2v) is 4.68. The standard InChI is InChI=1S/C12H11ClN2O4/c1-12(2)18-10(16)8(11(17)19-12)6-15-9-5-7(13)3-4-14-9/h3-6H,1-2H3,(H,14,15). The maximum atomic E-state index is 11.6. The first kappa shape index (κ1) is 13.4. The van der Waals surface area contributed by atoms with Gasteiger partial charge in [-0.25, -0.2) is 14.6 Å². The molecule has 2 heterocycles. The third-order valence-electron chi connectivity index (χ3n) is 2.20. The van der Waals surface area contributed by atoms with E-state index < -0.39 is 17.7 Å². The number of esters is 2. The summed E-state index contributed by atoms with van der Waals surface area (Å²) < 4.78 is 9.86. The zero-order valence-corrected chi connectivity index (χ0v) is 11.0. The minimum absolute atomic E-state index is 0.235. The molecule has 1 fully saturated rings. The van der Waals surface area contributed by atoms with Crippen molar-refractivity contribution >= 4 is 29.4 Å². The molecule has 0 aliphatic carbocycles. The average Bonchev–Trinajstić information content (AvgIpc) is 2.26. The lowest BCUT2D eigenvalue weighted by Gasteiger charge is -2.29. The molecule has 7 heteroatoms. The summed E-state index contributed by atoms with van der Waals surface area (Å²) in [6.45, 7) is 2.96. The van der Waals surface area contributed by atoms with E-state index in [1.165, 1.54) is 26.2 Å². The number of cyclic esters (lactones) is 2. The Kier molecular flexibility index (Phi) is 3.44. The molecule has 1 N–H and O–H groups in total. The fraction of sp³-hybridized carbons (Fsp3) is 0.250. The van der Waals surface area contributed by atoms with Crippen LogP contribution >= 0.6 is 11.6 Å². The van der Waals surface area contributed by atoms with Gasteiger partial charge in [0.15, 0.2) is 5.57 Å². The van der Waals surface area contributed by atoms with E-state index in [4.69, 9.17) is 21.1 Å². The number of ether oxygens (including phenoxy) is 2. The molecule has 0 atom stereocenters. The predicted molar refractivity (Wildman–Crippen MR) is 67.2 cm³/mol. The molecule has 0 bridgehead atoms. The molecule has 1 aromatic heterocycles. The third kappa shape index (κ3) is 3.23. The Morgan fingerprint density at radius 2 is 1.95 bits per heavy atom. The molecule has 1 aliphatic heterocycles. The molecule has 1 aliphatic rings. The Bertz CT molecular complexity index is 547. The highest BCUT2D eigenvalue weighted by Gasteiger charge is 2.38. The molecule has 0 amide bonds. The van der Waals surface area contributed by atoms with Crippen LogP contribution in [0.5, 0.6) is 0 Å². The zero-order valence-electron chi connectivity index (χ0n) is 10.3. The van der Waals surface area contributed by atoms with Gasteiger partial charge in [0.25, 0.3) is 5.79 Å². The van der Waals surface area contributed by atoms with Crippen molar-refractivity contribution in [3.63, 3.8) is 0 Å². The van der Waals surface area contributed by atoms with E-state index in [9.17, 15) is 9.59 Å². The largest absolute Gasteiger partial charge is 0.419 e. The van der Waals surface area contributed by atoms with E-state index in [1.54, 1.807) is 12.1 Å². The minimum atomic E-state index is -1.25. The summed E-state index contributed by atoms with van der Waals surface area (Å²) in [5.74, 6) is -2.36. The van der Waals surface area contributed by atoms with E-state index in [2.05, 4.69) is 10.3 Å². The number of pyridine rings is 1. The van der Waals surface area contributed by atoms with Gasteiger partial charge < -0.3 is 14.8 Å². The lowest BCUT2D eigenvalue weighted by Crippen LogP contribution is -2.42. The predicted octanol–water partition coefficient (Wildman–Crippen LogP) is 1.87. The normalized spacial score (nSPS) is 17.5. The molecular formula is C12H11ClN2O4. The van der Waals surface area contributed by atoms with Crippen molar-refractivity contribution in [2.24, 2.45) is 0 Å². The van der Waals surface area contributed by atoms with E-state index in [1.807, 2.05) is 0 Å². The number of carbonyl (C=O) groups excluding carboxylic acids is 2. The van der Waals surface area contributed by atoms with Gasteiger partial charge in [0.1, 0.15) is 5.82 Å². The first-order chi connectivity index (χ1) is 8.87. The second-order valence-electron chi connectivity index (χ2n) is 4.24. The fourth-order valence-corrected chi connectivity index (χ4v) is 1.57. The third-order valence-corrected chi connectivity index (χ3v) is 2.44. The summed E-state index contributed by atoms with van der Waals surface area (Å²) in [4.78, 5) is 27.2. The van der Waals surface area contributed by atoms with Crippen molar-refractivity contribution in [3.8, 4) is 0 Å². The monoisotopic (exact) mass is 282 g/mol. The van der Waals surface area contributed by atoms with Crippen LogP contribution in [-0.4, -0.2) is 22.7 Å². The molecule has 2 rings (SSSR count). The second kappa shape index (κ2) is 4.89. The van der Waals surface area contributed by atoms with Gasteiger partial charge in [0.05, 0.1) is 0 Å². The smallest absolute Gasteiger partial charge is 0.350 e. The van der Waals surface area contributed by atoms with Crippen molar-refractivity contribution in [1.82, 2.24) is 4.98 Å². The first-order valence-corrected chi connectivity index (χ1v) is 5.80. The van der Waals surface area contributed by atoms with Gasteiger partial charge in [-0.05, 0) is 12.1 Å². The Hall–Kier alpha value is -2.08. The molecule has 0 saturated carbocycles. The van der Waals surface area contributed by atoms with Crippen molar-refractivity contribution in [2.45, 2.75) is 19.6 Å². The summed E-state index contributed by atoms with van der Waals surface area (Å²) in [6, 6.07) is 3.15. The van der Waals surface area contributed by atoms with Crippen molar-refractivity contribution in [1.29, 1.82) is 0 Å². The molecule has 19 heavy (non-hydrogen) atoms. The summed E-state index contributed by atoms with van der Waals surface area (Å²) in [5.41, 5.74) is -0.235. The molecule has 0 radical (unpaired) electrons. The number of anilines is 1. The molecule has 0 aromatic carbocycles. The maximum absolute atomic E-state index is 11.6. The van der Waals surface area contributed by atoms with E-state index in [0.717, 1.165) is 0 Å². The van der Waals surface area contributed by atoms with Gasteiger partial charge in [-0.15, -0.1) is 0 Å². The number of nitrogens with one attached hydrogen (secondary N) is 1. The van der Waals surface area contributed by atoms with E-state index >= 15 is 0 Å². The fourth-order valence-electron chi connectivity index (χ4n) is 1.41.